The van der Waals surface area contributed by atoms with Crippen molar-refractivity contribution < 1.29 is 9.53 Å². The van der Waals surface area contributed by atoms with Gasteiger partial charge in [-0.05, 0) is 43.2 Å². The number of nitrogens with one attached hydrogen (secondary N) is 2. The molecule has 1 saturated carbocycles. The SMILES string of the molecule is COc1ccc(NC(=O)c2ccc(NC3CCCCC3)nn2)cc1Cl. The highest BCUT2D eigenvalue weighted by molar-refractivity contribution is 6.32. The van der Waals surface area contributed by atoms with Gasteiger partial charge in [0.15, 0.2) is 5.69 Å². The number of halogens is 1. The molecule has 0 radical (unpaired) electrons. The molecule has 2 aromatic rings. The maximum absolute atomic E-state index is 12.3. The summed E-state index contributed by atoms with van der Waals surface area (Å²) in [4.78, 5) is 12.3. The number of rotatable bonds is 5. The predicted octanol–water partition coefficient (Wildman–Crippen LogP) is 4.14. The lowest BCUT2D eigenvalue weighted by atomic mass is 9.95. The summed E-state index contributed by atoms with van der Waals surface area (Å²) in [5.41, 5.74) is 0.822. The molecule has 0 atom stereocenters. The molecule has 1 fully saturated rings. The van der Waals surface area contributed by atoms with Crippen LogP contribution in [0.3, 0.4) is 0 Å². The molecule has 1 heterocycles. The van der Waals surface area contributed by atoms with Crippen molar-refractivity contribution in [3.05, 3.63) is 41.0 Å². The smallest absolute Gasteiger partial charge is 0.276 e. The van der Waals surface area contributed by atoms with Crippen LogP contribution in [0, 0.1) is 0 Å². The average molecular weight is 361 g/mol. The minimum absolute atomic E-state index is 0.251. The second-order valence-corrected chi connectivity index (χ2v) is 6.49. The Kier molecular flexibility index (Phi) is 5.71. The number of methoxy groups -OCH3 is 1. The molecule has 1 aromatic carbocycles. The van der Waals surface area contributed by atoms with Crippen molar-refractivity contribution in [2.75, 3.05) is 17.7 Å². The lowest BCUT2D eigenvalue weighted by Gasteiger charge is -2.22. The Labute approximate surface area is 151 Å². The molecule has 0 unspecified atom stereocenters. The zero-order chi connectivity index (χ0) is 17.6. The number of carbonyl (C=O) groups excluding carboxylic acids is 1. The lowest BCUT2D eigenvalue weighted by molar-refractivity contribution is 0.102. The molecule has 1 aliphatic carbocycles. The molecule has 7 heteroatoms. The summed E-state index contributed by atoms with van der Waals surface area (Å²) < 4.78 is 5.09. The first-order chi connectivity index (χ1) is 12.2. The van der Waals surface area contributed by atoms with Crippen LogP contribution in [0.15, 0.2) is 30.3 Å². The van der Waals surface area contributed by atoms with Gasteiger partial charge in [0.05, 0.1) is 12.1 Å². The third kappa shape index (κ3) is 4.60. The Morgan fingerprint density at radius 3 is 2.60 bits per heavy atom. The summed E-state index contributed by atoms with van der Waals surface area (Å²) in [6.07, 6.45) is 6.11. The van der Waals surface area contributed by atoms with Crippen LogP contribution in [-0.2, 0) is 0 Å². The maximum Gasteiger partial charge on any atom is 0.276 e. The van der Waals surface area contributed by atoms with E-state index in [0.29, 0.717) is 28.3 Å². The zero-order valence-corrected chi connectivity index (χ0v) is 14.8. The Morgan fingerprint density at radius 1 is 1.16 bits per heavy atom. The molecule has 25 heavy (non-hydrogen) atoms. The summed E-state index contributed by atoms with van der Waals surface area (Å²) in [5, 5.41) is 14.7. The maximum atomic E-state index is 12.3. The molecule has 0 spiro atoms. The normalized spacial score (nSPS) is 14.8. The van der Waals surface area contributed by atoms with Gasteiger partial charge in [-0.2, -0.15) is 0 Å². The van der Waals surface area contributed by atoms with Gasteiger partial charge in [-0.15, -0.1) is 10.2 Å². The van der Waals surface area contributed by atoms with Crippen molar-refractivity contribution in [1.82, 2.24) is 10.2 Å². The summed E-state index contributed by atoms with van der Waals surface area (Å²) >= 11 is 6.06. The van der Waals surface area contributed by atoms with Crippen LogP contribution in [-0.4, -0.2) is 29.3 Å². The van der Waals surface area contributed by atoms with Crippen LogP contribution in [0.4, 0.5) is 11.5 Å². The van der Waals surface area contributed by atoms with Gasteiger partial charge in [-0.25, -0.2) is 0 Å². The molecule has 0 bridgehead atoms. The number of carbonyl (C=O) groups is 1. The van der Waals surface area contributed by atoms with Crippen molar-refractivity contribution >= 4 is 29.0 Å². The third-order valence-corrected chi connectivity index (χ3v) is 4.56. The van der Waals surface area contributed by atoms with Gasteiger partial charge < -0.3 is 15.4 Å². The fraction of sp³-hybridized carbons (Fsp3) is 0.389. The van der Waals surface area contributed by atoms with Gasteiger partial charge in [0.2, 0.25) is 0 Å². The lowest BCUT2D eigenvalue weighted by Crippen LogP contribution is -2.23. The molecule has 1 aromatic heterocycles. The molecule has 0 aliphatic heterocycles. The van der Waals surface area contributed by atoms with Crippen molar-refractivity contribution in [3.63, 3.8) is 0 Å². The van der Waals surface area contributed by atoms with Crippen molar-refractivity contribution in [3.8, 4) is 5.75 Å². The van der Waals surface area contributed by atoms with E-state index in [2.05, 4.69) is 20.8 Å². The van der Waals surface area contributed by atoms with E-state index in [-0.39, 0.29) is 11.6 Å². The van der Waals surface area contributed by atoms with E-state index in [1.807, 2.05) is 0 Å². The monoisotopic (exact) mass is 360 g/mol. The second-order valence-electron chi connectivity index (χ2n) is 6.09. The van der Waals surface area contributed by atoms with E-state index < -0.39 is 0 Å². The van der Waals surface area contributed by atoms with E-state index >= 15 is 0 Å². The number of aromatic nitrogens is 2. The van der Waals surface area contributed by atoms with Crippen LogP contribution in [0.1, 0.15) is 42.6 Å². The van der Waals surface area contributed by atoms with E-state index in [0.717, 1.165) is 12.8 Å². The Morgan fingerprint density at radius 2 is 1.96 bits per heavy atom. The van der Waals surface area contributed by atoms with Gasteiger partial charge in [0.1, 0.15) is 11.6 Å². The van der Waals surface area contributed by atoms with Crippen molar-refractivity contribution in [2.24, 2.45) is 0 Å². The molecule has 132 valence electrons. The fourth-order valence-corrected chi connectivity index (χ4v) is 3.18. The minimum Gasteiger partial charge on any atom is -0.495 e. The summed E-state index contributed by atoms with van der Waals surface area (Å²) in [5.74, 6) is 0.923. The zero-order valence-electron chi connectivity index (χ0n) is 14.1. The molecule has 1 amide bonds. The second kappa shape index (κ2) is 8.16. The van der Waals surface area contributed by atoms with Gasteiger partial charge in [-0.3, -0.25) is 4.79 Å². The largest absolute Gasteiger partial charge is 0.495 e. The summed E-state index contributed by atoms with van der Waals surface area (Å²) in [6, 6.07) is 8.95. The van der Waals surface area contributed by atoms with Gasteiger partial charge in [0, 0.05) is 11.7 Å². The van der Waals surface area contributed by atoms with Crippen LogP contribution in [0.25, 0.3) is 0 Å². The van der Waals surface area contributed by atoms with E-state index in [9.17, 15) is 4.79 Å². The molecule has 6 nitrogen and oxygen atoms in total. The molecule has 3 rings (SSSR count). The molecular weight excluding hydrogens is 340 g/mol. The van der Waals surface area contributed by atoms with E-state index in [4.69, 9.17) is 16.3 Å². The van der Waals surface area contributed by atoms with Crippen LogP contribution in [0.5, 0.6) is 5.75 Å². The topological polar surface area (TPSA) is 76.1 Å². The van der Waals surface area contributed by atoms with Crippen molar-refractivity contribution in [2.45, 2.75) is 38.1 Å². The molecule has 2 N–H and O–H groups in total. The van der Waals surface area contributed by atoms with Gasteiger partial charge >= 0.3 is 0 Å². The predicted molar refractivity (Wildman–Crippen MR) is 98.5 cm³/mol. The first kappa shape index (κ1) is 17.5. The Bertz CT molecular complexity index is 730. The Hall–Kier alpha value is -2.34. The standard InChI is InChI=1S/C18H21ClN4O2/c1-25-16-9-7-13(11-14(16)19)21-18(24)15-8-10-17(23-22-15)20-12-5-3-2-4-6-12/h7-12H,2-6H2,1H3,(H,20,23)(H,21,24). The van der Waals surface area contributed by atoms with E-state index in [1.54, 1.807) is 30.3 Å². The van der Waals surface area contributed by atoms with Crippen LogP contribution < -0.4 is 15.4 Å². The highest BCUT2D eigenvalue weighted by atomic mass is 35.5. The first-order valence-corrected chi connectivity index (χ1v) is 8.78. The van der Waals surface area contributed by atoms with E-state index in [1.165, 1.54) is 26.4 Å². The van der Waals surface area contributed by atoms with Crippen LogP contribution in [0.2, 0.25) is 5.02 Å². The molecule has 0 saturated heterocycles. The third-order valence-electron chi connectivity index (χ3n) is 4.26. The van der Waals surface area contributed by atoms with Crippen LogP contribution >= 0.6 is 11.6 Å². The molecular formula is C18H21ClN4O2. The number of nitrogens with zero attached hydrogens (tertiary/aromatic N) is 2. The quantitative estimate of drug-likeness (QED) is 0.838. The number of hydrogen-bond acceptors (Lipinski definition) is 5. The molecule has 1 aliphatic rings. The number of anilines is 2. The number of hydrogen-bond donors (Lipinski definition) is 2. The van der Waals surface area contributed by atoms with Gasteiger partial charge in [0.25, 0.3) is 5.91 Å². The summed E-state index contributed by atoms with van der Waals surface area (Å²) in [6.45, 7) is 0. The van der Waals surface area contributed by atoms with Crippen molar-refractivity contribution in [1.29, 1.82) is 0 Å². The first-order valence-electron chi connectivity index (χ1n) is 8.41. The highest BCUT2D eigenvalue weighted by Gasteiger charge is 2.15. The summed E-state index contributed by atoms with van der Waals surface area (Å²) in [7, 11) is 1.54. The minimum atomic E-state index is -0.335. The average Bonchev–Trinajstić information content (AvgIpc) is 2.63. The van der Waals surface area contributed by atoms with Gasteiger partial charge in [-0.1, -0.05) is 30.9 Å². The highest BCUT2D eigenvalue weighted by Crippen LogP contribution is 2.27. The Balaban J connectivity index is 1.61. The number of ether oxygens (including phenoxy) is 1. The number of amides is 1. The fourth-order valence-electron chi connectivity index (χ4n) is 2.93. The number of benzene rings is 1.